The number of nitrogens with two attached hydrogens (primary N) is 2. The number of hydrogen-bond donors (Lipinski definition) is 2. The first kappa shape index (κ1) is 18.6. The van der Waals surface area contributed by atoms with E-state index >= 15 is 0 Å². The van der Waals surface area contributed by atoms with Crippen LogP contribution >= 0.6 is 0 Å². The number of aromatic nitrogens is 1. The van der Waals surface area contributed by atoms with Crippen LogP contribution < -0.4 is 16.4 Å². The summed E-state index contributed by atoms with van der Waals surface area (Å²) < 4.78 is 5.48. The third-order valence-electron chi connectivity index (χ3n) is 6.18. The van der Waals surface area contributed by atoms with Gasteiger partial charge in [-0.2, -0.15) is 0 Å². The van der Waals surface area contributed by atoms with Gasteiger partial charge in [-0.15, -0.1) is 0 Å². The summed E-state index contributed by atoms with van der Waals surface area (Å²) in [5.41, 5.74) is 21.4. The summed E-state index contributed by atoms with van der Waals surface area (Å²) in [5, 5.41) is 0. The number of benzene rings is 2. The number of fused-ring (bicyclic) bond motifs is 3. The van der Waals surface area contributed by atoms with E-state index in [1.165, 1.54) is 11.3 Å². The number of morpholine rings is 1. The molecule has 0 bridgehead atoms. The Labute approximate surface area is 175 Å². The minimum Gasteiger partial charge on any atom is -0.398 e. The van der Waals surface area contributed by atoms with Gasteiger partial charge in [-0.1, -0.05) is 18.2 Å². The first-order valence-corrected chi connectivity index (χ1v) is 10.2. The van der Waals surface area contributed by atoms with Gasteiger partial charge in [0, 0.05) is 42.6 Å². The number of carbonyl (C=O) groups is 1. The molecule has 0 spiro atoms. The van der Waals surface area contributed by atoms with Gasteiger partial charge in [-0.3, -0.25) is 9.78 Å². The van der Waals surface area contributed by atoms with Crippen LogP contribution in [0, 0.1) is 6.92 Å². The van der Waals surface area contributed by atoms with Crippen LogP contribution in [0.25, 0.3) is 22.3 Å². The molecular weight excluding hydrogens is 376 g/mol. The van der Waals surface area contributed by atoms with Crippen LogP contribution in [0.5, 0.6) is 0 Å². The summed E-state index contributed by atoms with van der Waals surface area (Å²) in [6.07, 6.45) is 2.40. The van der Waals surface area contributed by atoms with Gasteiger partial charge in [0.1, 0.15) is 5.69 Å². The minimum atomic E-state index is -0.497. The van der Waals surface area contributed by atoms with Crippen molar-refractivity contribution in [1.82, 2.24) is 4.98 Å². The van der Waals surface area contributed by atoms with Crippen molar-refractivity contribution in [2.45, 2.75) is 13.3 Å². The van der Waals surface area contributed by atoms with E-state index in [2.05, 4.69) is 28.1 Å². The highest BCUT2D eigenvalue weighted by Gasteiger charge is 2.29. The number of ether oxygens (including phenoxy) is 1. The number of nitrogens with zero attached hydrogens (tertiary/aromatic N) is 2. The number of anilines is 2. The maximum Gasteiger partial charge on any atom is 0.267 e. The van der Waals surface area contributed by atoms with Crippen LogP contribution in [0.2, 0.25) is 0 Å². The number of carbonyl (C=O) groups excluding carboxylic acids is 1. The van der Waals surface area contributed by atoms with Gasteiger partial charge >= 0.3 is 0 Å². The Morgan fingerprint density at radius 3 is 2.67 bits per heavy atom. The lowest BCUT2D eigenvalue weighted by atomic mass is 9.92. The maximum atomic E-state index is 12.1. The fourth-order valence-corrected chi connectivity index (χ4v) is 4.57. The van der Waals surface area contributed by atoms with Crippen molar-refractivity contribution in [3.63, 3.8) is 0 Å². The van der Waals surface area contributed by atoms with Crippen molar-refractivity contribution in [2.75, 3.05) is 36.9 Å². The fraction of sp³-hybridized carbons (Fsp3) is 0.250. The lowest BCUT2D eigenvalue weighted by Gasteiger charge is -2.29. The Hall–Kier alpha value is -3.38. The summed E-state index contributed by atoms with van der Waals surface area (Å²) in [5.74, 6) is -0.497. The van der Waals surface area contributed by atoms with Gasteiger partial charge < -0.3 is 21.1 Å². The third-order valence-corrected chi connectivity index (χ3v) is 6.18. The Kier molecular flexibility index (Phi) is 4.44. The van der Waals surface area contributed by atoms with Crippen LogP contribution in [-0.2, 0) is 11.2 Å². The van der Waals surface area contributed by atoms with Crippen molar-refractivity contribution in [3.8, 4) is 22.3 Å². The molecule has 0 saturated carbocycles. The van der Waals surface area contributed by atoms with Crippen LogP contribution in [0.1, 0.15) is 27.2 Å². The zero-order valence-corrected chi connectivity index (χ0v) is 16.9. The first-order valence-electron chi connectivity index (χ1n) is 10.2. The van der Waals surface area contributed by atoms with Crippen LogP contribution in [-0.4, -0.2) is 37.2 Å². The molecule has 1 aliphatic carbocycles. The molecule has 6 heteroatoms. The molecule has 1 aromatic heterocycles. The summed E-state index contributed by atoms with van der Waals surface area (Å²) in [6.45, 7) is 5.26. The smallest absolute Gasteiger partial charge is 0.267 e. The van der Waals surface area contributed by atoms with Crippen LogP contribution in [0.15, 0.2) is 42.6 Å². The topological polar surface area (TPSA) is 94.5 Å². The van der Waals surface area contributed by atoms with Gasteiger partial charge in [0.25, 0.3) is 5.91 Å². The molecule has 152 valence electrons. The van der Waals surface area contributed by atoms with E-state index in [1.54, 1.807) is 6.20 Å². The number of hydrogen-bond acceptors (Lipinski definition) is 5. The SMILES string of the molecule is Cc1c(N)cccc1-c1cnc(C(N)=O)c2c1-c1ccc(N3CCOCC3)cc1C2. The average Bonchev–Trinajstić information content (AvgIpc) is 3.14. The Morgan fingerprint density at radius 1 is 1.10 bits per heavy atom. The van der Waals surface area contributed by atoms with Crippen molar-refractivity contribution in [3.05, 3.63) is 65.0 Å². The predicted molar refractivity (Wildman–Crippen MR) is 119 cm³/mol. The summed E-state index contributed by atoms with van der Waals surface area (Å²) in [4.78, 5) is 18.9. The summed E-state index contributed by atoms with van der Waals surface area (Å²) >= 11 is 0. The standard InChI is InChI=1S/C24H24N4O2/c1-14-17(3-2-4-21(14)25)20-13-27-23(24(26)29)19-12-15-11-16(5-6-18(15)22(19)20)28-7-9-30-10-8-28/h2-6,11,13H,7-10,12,25H2,1H3,(H2,26,29). The molecule has 4 N–H and O–H groups in total. The van der Waals surface area contributed by atoms with Crippen LogP contribution in [0.4, 0.5) is 11.4 Å². The van der Waals surface area contributed by atoms with Gasteiger partial charge in [0.15, 0.2) is 0 Å². The molecule has 2 aromatic carbocycles. The zero-order valence-electron chi connectivity index (χ0n) is 16.9. The van der Waals surface area contributed by atoms with Crippen molar-refractivity contribution < 1.29 is 9.53 Å². The number of nitrogen functional groups attached to an aromatic ring is 1. The Morgan fingerprint density at radius 2 is 1.90 bits per heavy atom. The number of rotatable bonds is 3. The normalized spacial score (nSPS) is 15.0. The molecule has 0 unspecified atom stereocenters. The Bertz CT molecular complexity index is 1170. The monoisotopic (exact) mass is 400 g/mol. The second kappa shape index (κ2) is 7.15. The summed E-state index contributed by atoms with van der Waals surface area (Å²) in [7, 11) is 0. The predicted octanol–water partition coefficient (Wildman–Crippen LogP) is 3.15. The van der Waals surface area contributed by atoms with E-state index in [9.17, 15) is 4.79 Å². The Balaban J connectivity index is 1.68. The molecular formula is C24H24N4O2. The van der Waals surface area contributed by atoms with Crippen molar-refractivity contribution in [2.24, 2.45) is 5.73 Å². The summed E-state index contributed by atoms with van der Waals surface area (Å²) in [6, 6.07) is 12.4. The van der Waals surface area contributed by atoms with E-state index in [0.29, 0.717) is 12.1 Å². The fourth-order valence-electron chi connectivity index (χ4n) is 4.57. The number of amides is 1. The molecule has 1 saturated heterocycles. The largest absolute Gasteiger partial charge is 0.398 e. The van der Waals surface area contributed by atoms with Crippen molar-refractivity contribution in [1.29, 1.82) is 0 Å². The van der Waals surface area contributed by atoms with Gasteiger partial charge in [-0.25, -0.2) is 0 Å². The molecule has 2 heterocycles. The van der Waals surface area contributed by atoms with E-state index in [4.69, 9.17) is 16.2 Å². The van der Waals surface area contributed by atoms with E-state index in [1.807, 2.05) is 25.1 Å². The second-order valence-electron chi connectivity index (χ2n) is 7.88. The molecule has 3 aromatic rings. The van der Waals surface area contributed by atoms with E-state index in [0.717, 1.165) is 65.4 Å². The highest BCUT2D eigenvalue weighted by molar-refractivity contribution is 6.00. The van der Waals surface area contributed by atoms with Crippen molar-refractivity contribution >= 4 is 17.3 Å². The maximum absolute atomic E-state index is 12.1. The molecule has 0 atom stereocenters. The van der Waals surface area contributed by atoms with Gasteiger partial charge in [0.05, 0.1) is 13.2 Å². The molecule has 0 radical (unpaired) electrons. The highest BCUT2D eigenvalue weighted by atomic mass is 16.5. The highest BCUT2D eigenvalue weighted by Crippen LogP contribution is 2.45. The molecule has 1 amide bonds. The second-order valence-corrected chi connectivity index (χ2v) is 7.88. The van der Waals surface area contributed by atoms with Crippen LogP contribution in [0.3, 0.4) is 0 Å². The molecule has 6 nitrogen and oxygen atoms in total. The minimum absolute atomic E-state index is 0.347. The molecule has 1 aliphatic heterocycles. The average molecular weight is 400 g/mol. The number of primary amides is 1. The van der Waals surface area contributed by atoms with Gasteiger partial charge in [-0.05, 0) is 58.5 Å². The molecule has 2 aliphatic rings. The molecule has 30 heavy (non-hydrogen) atoms. The molecule has 1 fully saturated rings. The molecule has 5 rings (SSSR count). The van der Waals surface area contributed by atoms with Gasteiger partial charge in [0.2, 0.25) is 0 Å². The van der Waals surface area contributed by atoms with E-state index in [-0.39, 0.29) is 0 Å². The number of pyridine rings is 1. The van der Waals surface area contributed by atoms with E-state index < -0.39 is 5.91 Å². The zero-order chi connectivity index (χ0) is 20.8. The first-order chi connectivity index (χ1) is 14.5. The third kappa shape index (κ3) is 2.92. The quantitative estimate of drug-likeness (QED) is 0.515. The lowest BCUT2D eigenvalue weighted by Crippen LogP contribution is -2.36. The lowest BCUT2D eigenvalue weighted by molar-refractivity contribution is 0.0995.